The van der Waals surface area contributed by atoms with Gasteiger partial charge in [0.05, 0.1) is 11.3 Å². The molecule has 1 N–H and O–H groups in total. The third-order valence-electron chi connectivity index (χ3n) is 4.86. The predicted molar refractivity (Wildman–Crippen MR) is 86.2 cm³/mol. The summed E-state index contributed by atoms with van der Waals surface area (Å²) in [5.41, 5.74) is 3.17. The largest absolute Gasteiger partial charge is 0.370 e. The Kier molecular flexibility index (Phi) is 4.17. The summed E-state index contributed by atoms with van der Waals surface area (Å²) in [6, 6.07) is 9.48. The number of anilines is 1. The van der Waals surface area contributed by atoms with E-state index in [-0.39, 0.29) is 0 Å². The number of nitrogens with one attached hydrogen (secondary N) is 1. The maximum atomic E-state index is 9.47. The first-order chi connectivity index (χ1) is 10.2. The molecule has 3 rings (SSSR count). The van der Waals surface area contributed by atoms with Gasteiger partial charge >= 0.3 is 0 Å². The van der Waals surface area contributed by atoms with Crippen molar-refractivity contribution in [2.75, 3.05) is 18.0 Å². The smallest absolute Gasteiger partial charge is 0.101 e. The van der Waals surface area contributed by atoms with E-state index >= 15 is 0 Å². The van der Waals surface area contributed by atoms with Gasteiger partial charge in [-0.2, -0.15) is 5.26 Å². The van der Waals surface area contributed by atoms with Crippen molar-refractivity contribution in [2.24, 2.45) is 11.8 Å². The van der Waals surface area contributed by atoms with Crippen molar-refractivity contribution in [3.63, 3.8) is 0 Å². The summed E-state index contributed by atoms with van der Waals surface area (Å²) in [7, 11) is 0. The van der Waals surface area contributed by atoms with Crippen molar-refractivity contribution < 1.29 is 0 Å². The van der Waals surface area contributed by atoms with Gasteiger partial charge in [-0.25, -0.2) is 0 Å². The number of rotatable bonds is 5. The molecule has 3 heteroatoms. The quantitative estimate of drug-likeness (QED) is 0.901. The lowest BCUT2D eigenvalue weighted by atomic mass is 9.95. The van der Waals surface area contributed by atoms with Gasteiger partial charge in [0.15, 0.2) is 0 Å². The first-order valence-corrected chi connectivity index (χ1v) is 8.18. The van der Waals surface area contributed by atoms with Crippen LogP contribution in [-0.4, -0.2) is 19.1 Å². The molecule has 2 aliphatic rings. The molecule has 1 aromatic carbocycles. The predicted octanol–water partition coefficient (Wildman–Crippen LogP) is 3.29. The molecular formula is C18H25N3. The van der Waals surface area contributed by atoms with Crippen LogP contribution >= 0.6 is 0 Å². The zero-order chi connectivity index (χ0) is 14.8. The zero-order valence-corrected chi connectivity index (χ0v) is 13.1. The van der Waals surface area contributed by atoms with Crippen LogP contribution in [0.15, 0.2) is 18.2 Å². The van der Waals surface area contributed by atoms with Crippen molar-refractivity contribution in [2.45, 2.75) is 45.7 Å². The number of hydrogen-bond donors (Lipinski definition) is 1. The van der Waals surface area contributed by atoms with E-state index in [2.05, 4.69) is 48.3 Å². The Bertz CT molecular complexity index is 540. The third-order valence-corrected chi connectivity index (χ3v) is 4.86. The van der Waals surface area contributed by atoms with Crippen LogP contribution in [0.1, 0.15) is 44.2 Å². The van der Waals surface area contributed by atoms with Crippen LogP contribution in [0.3, 0.4) is 0 Å². The van der Waals surface area contributed by atoms with E-state index in [0.717, 1.165) is 42.7 Å². The summed E-state index contributed by atoms with van der Waals surface area (Å²) in [6.07, 6.45) is 3.84. The normalized spacial score (nSPS) is 21.8. The lowest BCUT2D eigenvalue weighted by molar-refractivity contribution is 0.423. The molecule has 1 heterocycles. The van der Waals surface area contributed by atoms with Crippen LogP contribution in [-0.2, 0) is 6.54 Å². The molecule has 0 bridgehead atoms. The van der Waals surface area contributed by atoms with E-state index in [0.29, 0.717) is 6.04 Å². The Labute approximate surface area is 128 Å². The molecule has 0 spiro atoms. The summed E-state index contributed by atoms with van der Waals surface area (Å²) >= 11 is 0. The van der Waals surface area contributed by atoms with Crippen molar-refractivity contribution >= 4 is 5.69 Å². The Morgan fingerprint density at radius 1 is 1.33 bits per heavy atom. The second kappa shape index (κ2) is 6.07. The lowest BCUT2D eigenvalue weighted by Gasteiger charge is -2.21. The highest BCUT2D eigenvalue weighted by Crippen LogP contribution is 2.31. The van der Waals surface area contributed by atoms with Gasteiger partial charge < -0.3 is 10.2 Å². The average molecular weight is 283 g/mol. The van der Waals surface area contributed by atoms with Crippen LogP contribution in [0.5, 0.6) is 0 Å². The molecule has 1 aromatic rings. The minimum absolute atomic E-state index is 0.709. The SMILES string of the molecule is CC(C)C1CCN(c2ccc(CNC3CC3)cc2C#N)C1. The van der Waals surface area contributed by atoms with Gasteiger partial charge in [-0.3, -0.25) is 0 Å². The van der Waals surface area contributed by atoms with Crippen LogP contribution in [0, 0.1) is 23.2 Å². The van der Waals surface area contributed by atoms with Gasteiger partial charge in [0.2, 0.25) is 0 Å². The van der Waals surface area contributed by atoms with E-state index in [1.54, 1.807) is 0 Å². The topological polar surface area (TPSA) is 39.1 Å². The fraction of sp³-hybridized carbons (Fsp3) is 0.611. The maximum absolute atomic E-state index is 9.47. The van der Waals surface area contributed by atoms with Crippen molar-refractivity contribution in [3.8, 4) is 6.07 Å². The van der Waals surface area contributed by atoms with Gasteiger partial charge in [-0.1, -0.05) is 19.9 Å². The zero-order valence-electron chi connectivity index (χ0n) is 13.1. The molecule has 1 atom stereocenters. The van der Waals surface area contributed by atoms with Crippen molar-refractivity contribution in [1.29, 1.82) is 5.26 Å². The van der Waals surface area contributed by atoms with E-state index in [4.69, 9.17) is 0 Å². The minimum Gasteiger partial charge on any atom is -0.370 e. The Morgan fingerprint density at radius 3 is 2.76 bits per heavy atom. The second-order valence-corrected chi connectivity index (χ2v) is 6.86. The van der Waals surface area contributed by atoms with Gasteiger partial charge in [-0.05, 0) is 48.8 Å². The standard InChI is InChI=1S/C18H25N3/c1-13(2)15-7-8-21(12-15)18-6-3-14(9-16(18)10-19)11-20-17-4-5-17/h3,6,9,13,15,17,20H,4-5,7-8,11-12H2,1-2H3. The van der Waals surface area contributed by atoms with E-state index < -0.39 is 0 Å². The van der Waals surface area contributed by atoms with Crippen LogP contribution in [0.4, 0.5) is 5.69 Å². The van der Waals surface area contributed by atoms with Gasteiger partial charge in [-0.15, -0.1) is 0 Å². The molecule has 1 aliphatic heterocycles. The third kappa shape index (κ3) is 3.39. The second-order valence-electron chi connectivity index (χ2n) is 6.86. The summed E-state index contributed by atoms with van der Waals surface area (Å²) in [5.74, 6) is 1.48. The molecule has 1 aliphatic carbocycles. The van der Waals surface area contributed by atoms with Crippen molar-refractivity contribution in [1.82, 2.24) is 5.32 Å². The molecule has 2 fully saturated rings. The van der Waals surface area contributed by atoms with Gasteiger partial charge in [0.25, 0.3) is 0 Å². The first-order valence-electron chi connectivity index (χ1n) is 8.18. The van der Waals surface area contributed by atoms with Crippen LogP contribution in [0.2, 0.25) is 0 Å². The van der Waals surface area contributed by atoms with Crippen LogP contribution < -0.4 is 10.2 Å². The van der Waals surface area contributed by atoms with E-state index in [1.165, 1.54) is 24.8 Å². The monoisotopic (exact) mass is 283 g/mol. The lowest BCUT2D eigenvalue weighted by Crippen LogP contribution is -2.22. The minimum atomic E-state index is 0.709. The van der Waals surface area contributed by atoms with Gasteiger partial charge in [0.1, 0.15) is 6.07 Å². The summed E-state index contributed by atoms with van der Waals surface area (Å²) in [6.45, 7) is 7.65. The van der Waals surface area contributed by atoms with Crippen molar-refractivity contribution in [3.05, 3.63) is 29.3 Å². The molecule has 21 heavy (non-hydrogen) atoms. The Morgan fingerprint density at radius 2 is 2.14 bits per heavy atom. The molecule has 0 aromatic heterocycles. The Hall–Kier alpha value is -1.53. The molecular weight excluding hydrogens is 258 g/mol. The molecule has 1 saturated carbocycles. The molecule has 112 valence electrons. The molecule has 0 amide bonds. The van der Waals surface area contributed by atoms with Gasteiger partial charge in [0, 0.05) is 25.7 Å². The molecule has 1 unspecified atom stereocenters. The Balaban J connectivity index is 1.71. The average Bonchev–Trinajstić information content (AvgIpc) is 3.19. The highest BCUT2D eigenvalue weighted by atomic mass is 15.2. The fourth-order valence-corrected chi connectivity index (χ4v) is 3.16. The van der Waals surface area contributed by atoms with E-state index in [1.807, 2.05) is 0 Å². The molecule has 3 nitrogen and oxygen atoms in total. The number of benzene rings is 1. The fourth-order valence-electron chi connectivity index (χ4n) is 3.16. The highest BCUT2D eigenvalue weighted by Gasteiger charge is 2.26. The highest BCUT2D eigenvalue weighted by molar-refractivity contribution is 5.61. The first kappa shape index (κ1) is 14.4. The molecule has 1 saturated heterocycles. The number of nitrogens with zero attached hydrogens (tertiary/aromatic N) is 2. The van der Waals surface area contributed by atoms with Crippen LogP contribution in [0.25, 0.3) is 0 Å². The number of hydrogen-bond acceptors (Lipinski definition) is 3. The maximum Gasteiger partial charge on any atom is 0.101 e. The molecule has 0 radical (unpaired) electrons. The summed E-state index contributed by atoms with van der Waals surface area (Å²) in [5, 5.41) is 13.0. The number of nitriles is 1. The summed E-state index contributed by atoms with van der Waals surface area (Å²) in [4.78, 5) is 2.39. The summed E-state index contributed by atoms with van der Waals surface area (Å²) < 4.78 is 0. The van der Waals surface area contributed by atoms with E-state index in [9.17, 15) is 5.26 Å².